The summed E-state index contributed by atoms with van der Waals surface area (Å²) in [5.41, 5.74) is 0.412. The summed E-state index contributed by atoms with van der Waals surface area (Å²) in [6.07, 6.45) is 3.72. The van der Waals surface area contributed by atoms with Crippen LogP contribution >= 0.6 is 11.6 Å². The maximum Gasteiger partial charge on any atom is 0.330 e. The molecule has 2 unspecified atom stereocenters. The van der Waals surface area contributed by atoms with Crippen molar-refractivity contribution in [1.82, 2.24) is 10.6 Å². The number of carboxylic acids is 1. The lowest BCUT2D eigenvalue weighted by Gasteiger charge is -2.20. The molecule has 0 radical (unpaired) electrons. The summed E-state index contributed by atoms with van der Waals surface area (Å²) in [6.45, 7) is 1.54. The highest BCUT2D eigenvalue weighted by Crippen LogP contribution is 2.24. The number of carbonyl (C=O) groups excluding carboxylic acids is 2. The number of aliphatic carboxylic acids is 1. The Bertz CT molecular complexity index is 612. The van der Waals surface area contributed by atoms with Gasteiger partial charge in [0.05, 0.1) is 0 Å². The summed E-state index contributed by atoms with van der Waals surface area (Å²) in [5, 5.41) is 14.9. The molecule has 0 bridgehead atoms. The maximum atomic E-state index is 12.2. The number of hydrogen-bond acceptors (Lipinski definition) is 3. The van der Waals surface area contributed by atoms with E-state index in [1.807, 2.05) is 0 Å². The van der Waals surface area contributed by atoms with Gasteiger partial charge in [-0.25, -0.2) is 4.79 Å². The molecule has 130 valence electrons. The highest BCUT2D eigenvalue weighted by molar-refractivity contribution is 6.30. The summed E-state index contributed by atoms with van der Waals surface area (Å²) in [6, 6.07) is 4.22. The third kappa shape index (κ3) is 4.71. The number of carbonyl (C=O) groups is 3. The molecule has 1 saturated carbocycles. The molecule has 2 rings (SSSR count). The van der Waals surface area contributed by atoms with Crippen LogP contribution in [0.5, 0.6) is 0 Å². The highest BCUT2D eigenvalue weighted by atomic mass is 35.5. The van der Waals surface area contributed by atoms with E-state index in [0.717, 1.165) is 25.7 Å². The van der Waals surface area contributed by atoms with Gasteiger partial charge in [-0.05, 0) is 37.5 Å². The zero-order valence-corrected chi connectivity index (χ0v) is 14.2. The number of nitrogens with one attached hydrogen (secondary N) is 2. The molecule has 1 aromatic carbocycles. The van der Waals surface area contributed by atoms with Crippen LogP contribution in [-0.2, 0) is 14.4 Å². The number of benzene rings is 1. The van der Waals surface area contributed by atoms with Gasteiger partial charge in [-0.3, -0.25) is 9.59 Å². The Kier molecular flexibility index (Phi) is 6.20. The van der Waals surface area contributed by atoms with E-state index in [4.69, 9.17) is 11.6 Å². The molecule has 1 aliphatic rings. The van der Waals surface area contributed by atoms with Crippen LogP contribution in [0.3, 0.4) is 0 Å². The van der Waals surface area contributed by atoms with Crippen LogP contribution in [0.2, 0.25) is 5.02 Å². The molecule has 3 N–H and O–H groups in total. The molecule has 2 atom stereocenters. The van der Waals surface area contributed by atoms with Gasteiger partial charge in [0, 0.05) is 10.9 Å². The smallest absolute Gasteiger partial charge is 0.330 e. The fourth-order valence-corrected chi connectivity index (χ4v) is 2.92. The van der Waals surface area contributed by atoms with E-state index in [-0.39, 0.29) is 11.8 Å². The second-order valence-corrected chi connectivity index (χ2v) is 6.48. The van der Waals surface area contributed by atoms with Crippen LogP contribution in [0.15, 0.2) is 24.3 Å². The van der Waals surface area contributed by atoms with Gasteiger partial charge >= 0.3 is 5.97 Å². The van der Waals surface area contributed by atoms with Crippen LogP contribution in [0, 0.1) is 5.92 Å². The minimum absolute atomic E-state index is 0.0493. The Balaban J connectivity index is 1.97. The van der Waals surface area contributed by atoms with Gasteiger partial charge in [-0.2, -0.15) is 0 Å². The number of halogens is 1. The average Bonchev–Trinajstić information content (AvgIpc) is 3.07. The second kappa shape index (κ2) is 8.15. The predicted molar refractivity (Wildman–Crippen MR) is 89.5 cm³/mol. The molecule has 2 amide bonds. The number of carboxylic acid groups (broad SMARTS) is 1. The Labute approximate surface area is 145 Å². The van der Waals surface area contributed by atoms with Crippen LogP contribution < -0.4 is 10.6 Å². The van der Waals surface area contributed by atoms with Gasteiger partial charge in [-0.15, -0.1) is 0 Å². The van der Waals surface area contributed by atoms with Crippen molar-refractivity contribution in [3.05, 3.63) is 34.9 Å². The summed E-state index contributed by atoms with van der Waals surface area (Å²) in [4.78, 5) is 35.7. The molecule has 1 aromatic rings. The van der Waals surface area contributed by atoms with Gasteiger partial charge < -0.3 is 15.7 Å². The lowest BCUT2D eigenvalue weighted by molar-refractivity contribution is -0.142. The van der Waals surface area contributed by atoms with Crippen LogP contribution in [0.25, 0.3) is 0 Å². The van der Waals surface area contributed by atoms with Crippen LogP contribution in [0.4, 0.5) is 0 Å². The largest absolute Gasteiger partial charge is 0.479 e. The molecule has 0 heterocycles. The standard InChI is InChI=1S/C17H21ClN2O4/c1-10(19-16(22)12-4-2-3-5-12)15(21)20-14(17(23)24)11-6-8-13(18)9-7-11/h6-10,12,14H,2-5H2,1H3,(H,19,22)(H,20,21)(H,23,24). The lowest BCUT2D eigenvalue weighted by atomic mass is 10.1. The Hall–Kier alpha value is -2.08. The first-order chi connectivity index (χ1) is 11.4. The molecular weight excluding hydrogens is 332 g/mol. The van der Waals surface area contributed by atoms with Crippen molar-refractivity contribution in [2.75, 3.05) is 0 Å². The zero-order chi connectivity index (χ0) is 17.7. The van der Waals surface area contributed by atoms with E-state index in [2.05, 4.69) is 10.6 Å². The summed E-state index contributed by atoms with van der Waals surface area (Å²) >= 11 is 5.79. The quantitative estimate of drug-likeness (QED) is 0.731. The first kappa shape index (κ1) is 18.3. The van der Waals surface area contributed by atoms with Crippen molar-refractivity contribution in [2.24, 2.45) is 5.92 Å². The van der Waals surface area contributed by atoms with Crippen molar-refractivity contribution in [3.8, 4) is 0 Å². The van der Waals surface area contributed by atoms with Crippen LogP contribution in [-0.4, -0.2) is 28.9 Å². The molecular formula is C17H21ClN2O4. The summed E-state index contributed by atoms with van der Waals surface area (Å²) in [5.74, 6) is -1.91. The molecule has 0 aliphatic heterocycles. The van der Waals surface area contributed by atoms with E-state index in [1.165, 1.54) is 0 Å². The highest BCUT2D eigenvalue weighted by Gasteiger charge is 2.28. The number of rotatable bonds is 6. The molecule has 6 nitrogen and oxygen atoms in total. The third-order valence-corrected chi connectivity index (χ3v) is 4.47. The maximum absolute atomic E-state index is 12.2. The molecule has 0 spiro atoms. The van der Waals surface area contributed by atoms with Gasteiger partial charge in [0.15, 0.2) is 6.04 Å². The van der Waals surface area contributed by atoms with Crippen molar-refractivity contribution in [3.63, 3.8) is 0 Å². The fraction of sp³-hybridized carbons (Fsp3) is 0.471. The minimum atomic E-state index is -1.19. The predicted octanol–water partition coefficient (Wildman–Crippen LogP) is 2.28. The molecule has 1 fully saturated rings. The SMILES string of the molecule is CC(NC(=O)C1CCCC1)C(=O)NC(C(=O)O)c1ccc(Cl)cc1. The van der Waals surface area contributed by atoms with E-state index in [1.54, 1.807) is 31.2 Å². The average molecular weight is 353 g/mol. The van der Waals surface area contributed by atoms with Crippen molar-refractivity contribution in [1.29, 1.82) is 0 Å². The Morgan fingerprint density at radius 3 is 2.25 bits per heavy atom. The van der Waals surface area contributed by atoms with E-state index in [0.29, 0.717) is 10.6 Å². The van der Waals surface area contributed by atoms with Crippen molar-refractivity contribution < 1.29 is 19.5 Å². The molecule has 7 heteroatoms. The van der Waals surface area contributed by atoms with E-state index >= 15 is 0 Å². The van der Waals surface area contributed by atoms with Gasteiger partial charge in [0.2, 0.25) is 11.8 Å². The fourth-order valence-electron chi connectivity index (χ4n) is 2.79. The molecule has 0 aromatic heterocycles. The monoisotopic (exact) mass is 352 g/mol. The first-order valence-electron chi connectivity index (χ1n) is 7.97. The van der Waals surface area contributed by atoms with Gasteiger partial charge in [-0.1, -0.05) is 36.6 Å². The zero-order valence-electron chi connectivity index (χ0n) is 13.4. The number of hydrogen-bond donors (Lipinski definition) is 3. The Morgan fingerprint density at radius 2 is 1.71 bits per heavy atom. The van der Waals surface area contributed by atoms with Gasteiger partial charge in [0.25, 0.3) is 0 Å². The summed E-state index contributed by atoms with van der Waals surface area (Å²) < 4.78 is 0. The topological polar surface area (TPSA) is 95.5 Å². The number of amides is 2. The lowest BCUT2D eigenvalue weighted by Crippen LogP contribution is -2.48. The van der Waals surface area contributed by atoms with E-state index in [9.17, 15) is 19.5 Å². The van der Waals surface area contributed by atoms with E-state index < -0.39 is 24.0 Å². The third-order valence-electron chi connectivity index (χ3n) is 4.21. The second-order valence-electron chi connectivity index (χ2n) is 6.04. The normalized spacial score (nSPS) is 17.1. The molecule has 24 heavy (non-hydrogen) atoms. The van der Waals surface area contributed by atoms with Crippen molar-refractivity contribution in [2.45, 2.75) is 44.7 Å². The first-order valence-corrected chi connectivity index (χ1v) is 8.35. The Morgan fingerprint density at radius 1 is 1.12 bits per heavy atom. The van der Waals surface area contributed by atoms with Crippen LogP contribution in [0.1, 0.15) is 44.2 Å². The molecule has 1 aliphatic carbocycles. The van der Waals surface area contributed by atoms with Crippen molar-refractivity contribution >= 4 is 29.4 Å². The minimum Gasteiger partial charge on any atom is -0.479 e. The molecule has 0 saturated heterocycles. The van der Waals surface area contributed by atoms with Gasteiger partial charge in [0.1, 0.15) is 6.04 Å². The summed E-state index contributed by atoms with van der Waals surface area (Å²) in [7, 11) is 0.